The van der Waals surface area contributed by atoms with Gasteiger partial charge in [0.2, 0.25) is 5.91 Å². The topological polar surface area (TPSA) is 37.4 Å². The monoisotopic (exact) mass is 245 g/mol. The van der Waals surface area contributed by atoms with E-state index in [0.717, 1.165) is 12.0 Å². The predicted molar refractivity (Wildman–Crippen MR) is 70.0 cm³/mol. The van der Waals surface area contributed by atoms with Crippen LogP contribution in [0.25, 0.3) is 0 Å². The summed E-state index contributed by atoms with van der Waals surface area (Å²) in [6.07, 6.45) is 1.42. The summed E-state index contributed by atoms with van der Waals surface area (Å²) in [6.45, 7) is 4.47. The molecule has 96 valence electrons. The highest BCUT2D eigenvalue weighted by Gasteiger charge is 2.34. The summed E-state index contributed by atoms with van der Waals surface area (Å²) in [5.41, 5.74) is 0.923. The van der Waals surface area contributed by atoms with E-state index in [9.17, 15) is 9.59 Å². The van der Waals surface area contributed by atoms with Gasteiger partial charge in [-0.3, -0.25) is 9.59 Å². The number of likely N-dealkylation sites (tertiary alicyclic amines) is 1. The Bertz CT molecular complexity index is 439. The first-order chi connectivity index (χ1) is 8.61. The third kappa shape index (κ3) is 2.45. The molecule has 1 heterocycles. The van der Waals surface area contributed by atoms with Crippen LogP contribution in [0.2, 0.25) is 0 Å². The van der Waals surface area contributed by atoms with Gasteiger partial charge in [0.1, 0.15) is 6.04 Å². The van der Waals surface area contributed by atoms with E-state index in [1.807, 2.05) is 44.2 Å². The summed E-state index contributed by atoms with van der Waals surface area (Å²) in [4.78, 5) is 26.0. The van der Waals surface area contributed by atoms with Gasteiger partial charge in [-0.15, -0.1) is 0 Å². The largest absolute Gasteiger partial charge is 0.329 e. The normalized spacial score (nSPS) is 17.3. The van der Waals surface area contributed by atoms with Crippen LogP contribution < -0.4 is 0 Å². The molecule has 1 amide bonds. The van der Waals surface area contributed by atoms with E-state index < -0.39 is 6.04 Å². The minimum Gasteiger partial charge on any atom is -0.329 e. The molecule has 1 aromatic carbocycles. The van der Waals surface area contributed by atoms with Crippen molar-refractivity contribution in [2.45, 2.75) is 32.7 Å². The van der Waals surface area contributed by atoms with E-state index in [1.165, 1.54) is 0 Å². The molecule has 3 nitrogen and oxygen atoms in total. The molecule has 0 aliphatic carbocycles. The molecule has 0 spiro atoms. The molecule has 2 rings (SSSR count). The van der Waals surface area contributed by atoms with Crippen molar-refractivity contribution >= 4 is 11.7 Å². The first-order valence-electron chi connectivity index (χ1n) is 6.49. The highest BCUT2D eigenvalue weighted by atomic mass is 16.2. The van der Waals surface area contributed by atoms with Crippen LogP contribution in [0.3, 0.4) is 0 Å². The van der Waals surface area contributed by atoms with Gasteiger partial charge < -0.3 is 4.90 Å². The lowest BCUT2D eigenvalue weighted by molar-refractivity contribution is -0.138. The molecule has 1 fully saturated rings. The lowest BCUT2D eigenvalue weighted by Crippen LogP contribution is -2.36. The number of benzene rings is 1. The fourth-order valence-electron chi connectivity index (χ4n) is 2.39. The summed E-state index contributed by atoms with van der Waals surface area (Å²) >= 11 is 0. The standard InChI is InChI=1S/C15H19NO2/c1-11(2)15(18)14(12-7-4-3-5-8-12)16-10-6-9-13(16)17/h3-5,7-8,11,14H,6,9-10H2,1-2H3. The summed E-state index contributed by atoms with van der Waals surface area (Å²) in [5.74, 6) is 0.151. The van der Waals surface area contributed by atoms with Crippen LogP contribution in [0.4, 0.5) is 0 Å². The van der Waals surface area contributed by atoms with Gasteiger partial charge in [-0.25, -0.2) is 0 Å². The second-order valence-electron chi connectivity index (χ2n) is 5.06. The molecule has 1 unspecified atom stereocenters. The van der Waals surface area contributed by atoms with Crippen molar-refractivity contribution in [3.05, 3.63) is 35.9 Å². The number of ketones is 1. The van der Waals surface area contributed by atoms with E-state index in [1.54, 1.807) is 4.90 Å². The van der Waals surface area contributed by atoms with E-state index >= 15 is 0 Å². The van der Waals surface area contributed by atoms with Crippen molar-refractivity contribution in [2.75, 3.05) is 6.54 Å². The number of carbonyl (C=O) groups excluding carboxylic acids is 2. The molecular formula is C15H19NO2. The Balaban J connectivity index is 2.34. The van der Waals surface area contributed by atoms with Gasteiger partial charge >= 0.3 is 0 Å². The van der Waals surface area contributed by atoms with Crippen LogP contribution in [0, 0.1) is 5.92 Å². The third-order valence-electron chi connectivity index (χ3n) is 3.38. The Morgan fingerprint density at radius 2 is 1.89 bits per heavy atom. The first kappa shape index (κ1) is 12.8. The number of hydrogen-bond donors (Lipinski definition) is 0. The summed E-state index contributed by atoms with van der Waals surface area (Å²) in [6, 6.07) is 9.20. The maximum absolute atomic E-state index is 12.4. The van der Waals surface area contributed by atoms with E-state index in [2.05, 4.69) is 0 Å². The van der Waals surface area contributed by atoms with Crippen LogP contribution in [-0.2, 0) is 9.59 Å². The second-order valence-corrected chi connectivity index (χ2v) is 5.06. The van der Waals surface area contributed by atoms with E-state index in [0.29, 0.717) is 13.0 Å². The van der Waals surface area contributed by atoms with Gasteiger partial charge in [-0.1, -0.05) is 44.2 Å². The van der Waals surface area contributed by atoms with Gasteiger partial charge in [0.15, 0.2) is 5.78 Å². The van der Waals surface area contributed by atoms with Gasteiger partial charge in [-0.05, 0) is 12.0 Å². The fourth-order valence-corrected chi connectivity index (χ4v) is 2.39. The molecule has 1 aliphatic heterocycles. The van der Waals surface area contributed by atoms with Gasteiger partial charge in [0.25, 0.3) is 0 Å². The number of hydrogen-bond acceptors (Lipinski definition) is 2. The van der Waals surface area contributed by atoms with Crippen molar-refractivity contribution in [3.8, 4) is 0 Å². The second kappa shape index (κ2) is 5.34. The van der Waals surface area contributed by atoms with Crippen molar-refractivity contribution in [2.24, 2.45) is 5.92 Å². The van der Waals surface area contributed by atoms with Gasteiger partial charge in [-0.2, -0.15) is 0 Å². The molecular weight excluding hydrogens is 226 g/mol. The van der Waals surface area contributed by atoms with Crippen LogP contribution in [0.5, 0.6) is 0 Å². The van der Waals surface area contributed by atoms with Crippen molar-refractivity contribution in [1.29, 1.82) is 0 Å². The summed E-state index contributed by atoms with van der Waals surface area (Å²) < 4.78 is 0. The third-order valence-corrected chi connectivity index (χ3v) is 3.38. The Labute approximate surface area is 108 Å². The quantitative estimate of drug-likeness (QED) is 0.817. The van der Waals surface area contributed by atoms with Gasteiger partial charge in [0.05, 0.1) is 0 Å². The highest BCUT2D eigenvalue weighted by Crippen LogP contribution is 2.28. The number of nitrogens with zero attached hydrogens (tertiary/aromatic N) is 1. The van der Waals surface area contributed by atoms with Crippen LogP contribution in [0.1, 0.15) is 38.3 Å². The van der Waals surface area contributed by atoms with E-state index in [4.69, 9.17) is 0 Å². The molecule has 1 saturated heterocycles. The maximum Gasteiger partial charge on any atom is 0.223 e. The maximum atomic E-state index is 12.4. The zero-order chi connectivity index (χ0) is 13.1. The first-order valence-corrected chi connectivity index (χ1v) is 6.49. The Morgan fingerprint density at radius 3 is 2.39 bits per heavy atom. The number of Topliss-reactive ketones (excluding diaryl/α,β-unsaturated/α-hetero) is 1. The molecule has 18 heavy (non-hydrogen) atoms. The number of carbonyl (C=O) groups is 2. The summed E-state index contributed by atoms with van der Waals surface area (Å²) in [5, 5.41) is 0. The molecule has 1 aromatic rings. The molecule has 0 radical (unpaired) electrons. The molecule has 3 heteroatoms. The van der Waals surface area contributed by atoms with Crippen LogP contribution in [-0.4, -0.2) is 23.1 Å². The molecule has 0 saturated carbocycles. The van der Waals surface area contributed by atoms with Crippen LogP contribution >= 0.6 is 0 Å². The SMILES string of the molecule is CC(C)C(=O)C(c1ccccc1)N1CCCC1=O. The predicted octanol–water partition coefficient (Wildman–Crippen LogP) is 2.58. The van der Waals surface area contributed by atoms with Crippen molar-refractivity contribution in [3.63, 3.8) is 0 Å². The smallest absolute Gasteiger partial charge is 0.223 e. The molecule has 0 N–H and O–H groups in total. The number of amides is 1. The van der Waals surface area contributed by atoms with E-state index in [-0.39, 0.29) is 17.6 Å². The Morgan fingerprint density at radius 1 is 1.22 bits per heavy atom. The van der Waals surface area contributed by atoms with Crippen LogP contribution in [0.15, 0.2) is 30.3 Å². The molecule has 0 aromatic heterocycles. The Kier molecular flexibility index (Phi) is 3.80. The van der Waals surface area contributed by atoms with Crippen molar-refractivity contribution < 1.29 is 9.59 Å². The van der Waals surface area contributed by atoms with Gasteiger partial charge in [0, 0.05) is 18.9 Å². The fraction of sp³-hybridized carbons (Fsp3) is 0.467. The molecule has 0 bridgehead atoms. The highest BCUT2D eigenvalue weighted by molar-refractivity contribution is 5.91. The zero-order valence-electron chi connectivity index (χ0n) is 10.9. The average molecular weight is 245 g/mol. The zero-order valence-corrected chi connectivity index (χ0v) is 10.9. The number of rotatable bonds is 4. The summed E-state index contributed by atoms with van der Waals surface area (Å²) in [7, 11) is 0. The lowest BCUT2D eigenvalue weighted by Gasteiger charge is -2.28. The average Bonchev–Trinajstić information content (AvgIpc) is 2.77. The lowest BCUT2D eigenvalue weighted by atomic mass is 9.94. The minimum atomic E-state index is -0.402. The van der Waals surface area contributed by atoms with Crippen molar-refractivity contribution in [1.82, 2.24) is 4.90 Å². The Hall–Kier alpha value is -1.64. The minimum absolute atomic E-state index is 0.0661. The molecule has 1 atom stereocenters. The molecule has 1 aliphatic rings.